The van der Waals surface area contributed by atoms with Crippen molar-refractivity contribution in [3.8, 4) is 0 Å². The van der Waals surface area contributed by atoms with Gasteiger partial charge in [0.2, 0.25) is 5.95 Å². The van der Waals surface area contributed by atoms with E-state index in [2.05, 4.69) is 28.4 Å². The largest absolute Gasteiger partial charge is 0.356 e. The van der Waals surface area contributed by atoms with Gasteiger partial charge in [-0.25, -0.2) is 4.98 Å². The highest BCUT2D eigenvalue weighted by Crippen LogP contribution is 2.30. The number of rotatable bonds is 6. The van der Waals surface area contributed by atoms with E-state index < -0.39 is 0 Å². The molecule has 1 N–H and O–H groups in total. The summed E-state index contributed by atoms with van der Waals surface area (Å²) in [6.07, 6.45) is 12.6. The number of imidazole rings is 1. The van der Waals surface area contributed by atoms with E-state index in [1.165, 1.54) is 32.1 Å². The summed E-state index contributed by atoms with van der Waals surface area (Å²) in [7, 11) is 0. The van der Waals surface area contributed by atoms with Crippen LogP contribution < -0.4 is 5.32 Å². The molecule has 1 saturated carbocycles. The van der Waals surface area contributed by atoms with Gasteiger partial charge in [0.15, 0.2) is 0 Å². The highest BCUT2D eigenvalue weighted by molar-refractivity contribution is 5.25. The Kier molecular flexibility index (Phi) is 4.85. The Balaban J connectivity index is 1.71. The summed E-state index contributed by atoms with van der Waals surface area (Å²) in [5, 5.41) is 3.44. The Morgan fingerprint density at radius 1 is 1.44 bits per heavy atom. The number of hydrogen-bond acceptors (Lipinski definition) is 2. The smallest absolute Gasteiger partial charge is 0.203 e. The molecular formula is C15H25N3. The second kappa shape index (κ2) is 6.62. The van der Waals surface area contributed by atoms with Gasteiger partial charge in [-0.2, -0.15) is 0 Å². The van der Waals surface area contributed by atoms with Gasteiger partial charge < -0.3 is 9.88 Å². The second-order valence-corrected chi connectivity index (χ2v) is 5.53. The first kappa shape index (κ1) is 13.2. The van der Waals surface area contributed by atoms with Gasteiger partial charge in [-0.3, -0.25) is 0 Å². The minimum atomic E-state index is 0.823. The molecule has 3 nitrogen and oxygen atoms in total. The van der Waals surface area contributed by atoms with Crippen LogP contribution in [0.15, 0.2) is 25.0 Å². The molecule has 18 heavy (non-hydrogen) atoms. The van der Waals surface area contributed by atoms with Crippen LogP contribution in [0.1, 0.15) is 39.0 Å². The van der Waals surface area contributed by atoms with E-state index in [4.69, 9.17) is 0 Å². The van der Waals surface area contributed by atoms with Gasteiger partial charge in [0.25, 0.3) is 0 Å². The molecule has 2 rings (SSSR count). The minimum absolute atomic E-state index is 0.823. The molecule has 0 bridgehead atoms. The predicted molar refractivity (Wildman–Crippen MR) is 76.7 cm³/mol. The van der Waals surface area contributed by atoms with Crippen LogP contribution in [0.2, 0.25) is 0 Å². The van der Waals surface area contributed by atoms with Crippen LogP contribution in [0.5, 0.6) is 0 Å². The number of aromatic nitrogens is 2. The van der Waals surface area contributed by atoms with E-state index in [0.29, 0.717) is 0 Å². The van der Waals surface area contributed by atoms with Gasteiger partial charge in [-0.1, -0.05) is 38.7 Å². The molecule has 1 heterocycles. The van der Waals surface area contributed by atoms with Gasteiger partial charge in [0.1, 0.15) is 0 Å². The molecule has 0 aliphatic heterocycles. The predicted octanol–water partition coefficient (Wildman–Crippen LogP) is 3.70. The molecule has 0 aromatic carbocycles. The first-order chi connectivity index (χ1) is 8.79. The van der Waals surface area contributed by atoms with Crippen molar-refractivity contribution < 1.29 is 0 Å². The topological polar surface area (TPSA) is 29.9 Å². The Labute approximate surface area is 110 Å². The van der Waals surface area contributed by atoms with Crippen LogP contribution in [0.3, 0.4) is 0 Å². The lowest BCUT2D eigenvalue weighted by Crippen LogP contribution is -2.17. The Morgan fingerprint density at radius 2 is 2.22 bits per heavy atom. The van der Waals surface area contributed by atoms with Crippen LogP contribution in [-0.4, -0.2) is 16.1 Å². The fraction of sp³-hybridized carbons (Fsp3) is 0.667. The number of nitrogens with zero attached hydrogens (tertiary/aromatic N) is 2. The van der Waals surface area contributed by atoms with Crippen molar-refractivity contribution in [2.24, 2.45) is 11.8 Å². The average molecular weight is 247 g/mol. The molecule has 1 aromatic rings. The Morgan fingerprint density at radius 3 is 2.94 bits per heavy atom. The quantitative estimate of drug-likeness (QED) is 0.777. The van der Waals surface area contributed by atoms with Gasteiger partial charge in [-0.05, 0) is 18.3 Å². The van der Waals surface area contributed by atoms with Crippen molar-refractivity contribution in [1.82, 2.24) is 9.55 Å². The fourth-order valence-corrected chi connectivity index (χ4v) is 2.77. The Bertz CT molecular complexity index is 362. The average Bonchev–Trinajstić information content (AvgIpc) is 2.80. The summed E-state index contributed by atoms with van der Waals surface area (Å²) in [6, 6.07) is 0. The molecule has 0 radical (unpaired) electrons. The second-order valence-electron chi connectivity index (χ2n) is 5.53. The van der Waals surface area contributed by atoms with E-state index in [0.717, 1.165) is 30.9 Å². The normalized spacial score (nSPS) is 23.8. The summed E-state index contributed by atoms with van der Waals surface area (Å²) in [4.78, 5) is 4.33. The molecule has 100 valence electrons. The zero-order valence-electron chi connectivity index (χ0n) is 11.4. The maximum absolute atomic E-state index is 4.33. The molecule has 0 saturated heterocycles. The number of allylic oxidation sites excluding steroid dienone is 1. The van der Waals surface area contributed by atoms with E-state index in [1.807, 2.05) is 18.5 Å². The maximum atomic E-state index is 4.33. The van der Waals surface area contributed by atoms with E-state index in [1.54, 1.807) is 0 Å². The summed E-state index contributed by atoms with van der Waals surface area (Å²) in [5.74, 6) is 2.83. The molecule has 1 aliphatic rings. The van der Waals surface area contributed by atoms with Crippen molar-refractivity contribution >= 4 is 5.95 Å². The lowest BCUT2D eigenvalue weighted by Gasteiger charge is -2.26. The minimum Gasteiger partial charge on any atom is -0.356 e. The Hall–Kier alpha value is -1.25. The van der Waals surface area contributed by atoms with Crippen molar-refractivity contribution in [3.63, 3.8) is 0 Å². The molecule has 3 heteroatoms. The van der Waals surface area contributed by atoms with Gasteiger partial charge >= 0.3 is 0 Å². The molecule has 0 spiro atoms. The van der Waals surface area contributed by atoms with Crippen molar-refractivity contribution in [3.05, 3.63) is 25.0 Å². The molecule has 1 aliphatic carbocycles. The first-order valence-corrected chi connectivity index (χ1v) is 7.15. The summed E-state index contributed by atoms with van der Waals surface area (Å²) in [5.41, 5.74) is 0. The van der Waals surface area contributed by atoms with Crippen molar-refractivity contribution in [2.75, 3.05) is 11.9 Å². The molecule has 1 aromatic heterocycles. The van der Waals surface area contributed by atoms with Crippen LogP contribution in [-0.2, 0) is 6.54 Å². The standard InChI is InChI=1S/C15H25N3/c1-3-11-18-12-10-17-15(18)16-9-8-14-6-4-13(2)5-7-14/h3,10,12-14H,1,4-9,11H2,2H3,(H,16,17). The van der Waals surface area contributed by atoms with E-state index >= 15 is 0 Å². The molecule has 0 atom stereocenters. The van der Waals surface area contributed by atoms with Crippen LogP contribution >= 0.6 is 0 Å². The highest BCUT2D eigenvalue weighted by Gasteiger charge is 2.17. The van der Waals surface area contributed by atoms with Crippen molar-refractivity contribution in [2.45, 2.75) is 45.6 Å². The maximum Gasteiger partial charge on any atom is 0.203 e. The summed E-state index contributed by atoms with van der Waals surface area (Å²) >= 11 is 0. The van der Waals surface area contributed by atoms with Crippen LogP contribution in [0.4, 0.5) is 5.95 Å². The SMILES string of the molecule is C=CCn1ccnc1NCCC1CCC(C)CC1. The van der Waals surface area contributed by atoms with Crippen molar-refractivity contribution in [1.29, 1.82) is 0 Å². The summed E-state index contributed by atoms with van der Waals surface area (Å²) in [6.45, 7) is 7.99. The number of nitrogens with one attached hydrogen (secondary N) is 1. The molecular weight excluding hydrogens is 222 g/mol. The summed E-state index contributed by atoms with van der Waals surface area (Å²) < 4.78 is 2.09. The van der Waals surface area contributed by atoms with Gasteiger partial charge in [0.05, 0.1) is 0 Å². The number of hydrogen-bond donors (Lipinski definition) is 1. The molecule has 0 amide bonds. The van der Waals surface area contributed by atoms with E-state index in [9.17, 15) is 0 Å². The zero-order chi connectivity index (χ0) is 12.8. The third-order valence-electron chi connectivity index (χ3n) is 4.01. The third kappa shape index (κ3) is 3.62. The fourth-order valence-electron chi connectivity index (χ4n) is 2.77. The van der Waals surface area contributed by atoms with Crippen LogP contribution in [0, 0.1) is 11.8 Å². The lowest BCUT2D eigenvalue weighted by atomic mass is 9.81. The molecule has 0 unspecified atom stereocenters. The van der Waals surface area contributed by atoms with Gasteiger partial charge in [-0.15, -0.1) is 6.58 Å². The van der Waals surface area contributed by atoms with E-state index in [-0.39, 0.29) is 0 Å². The first-order valence-electron chi connectivity index (χ1n) is 7.15. The highest BCUT2D eigenvalue weighted by atomic mass is 15.2. The van der Waals surface area contributed by atoms with Gasteiger partial charge in [0, 0.05) is 25.5 Å². The van der Waals surface area contributed by atoms with Crippen LogP contribution in [0.25, 0.3) is 0 Å². The lowest BCUT2D eigenvalue weighted by molar-refractivity contribution is 0.281. The zero-order valence-corrected chi connectivity index (χ0v) is 11.4. The number of anilines is 1. The molecule has 1 fully saturated rings. The monoisotopic (exact) mass is 247 g/mol. The third-order valence-corrected chi connectivity index (χ3v) is 4.01.